The molecule has 1 aliphatic carbocycles. The Kier molecular flexibility index (Phi) is 2.12. The molecule has 0 saturated heterocycles. The fraction of sp³-hybridized carbons (Fsp3) is 1.00. The van der Waals surface area contributed by atoms with Crippen LogP contribution in [0.2, 0.25) is 0 Å². The van der Waals surface area contributed by atoms with Crippen LogP contribution in [0.1, 0.15) is 26.7 Å². The molecule has 1 rings (SSSR count). The minimum absolute atomic E-state index is 0.0231. The second-order valence-electron chi connectivity index (χ2n) is 3.04. The van der Waals surface area contributed by atoms with Crippen molar-refractivity contribution >= 4 is 10.4 Å². The highest BCUT2D eigenvalue weighted by molar-refractivity contribution is 7.96. The maximum Gasteiger partial charge on any atom is 0.291 e. The molecule has 10 heavy (non-hydrogen) atoms. The molecule has 0 aromatic heterocycles. The quantitative estimate of drug-likeness (QED) is 0.612. The van der Waals surface area contributed by atoms with Crippen LogP contribution in [-0.4, -0.2) is 15.8 Å². The van der Waals surface area contributed by atoms with Crippen molar-refractivity contribution in [2.75, 3.05) is 0 Å². The number of nitrogens with one attached hydrogen (secondary N) is 1. The lowest BCUT2D eigenvalue weighted by atomic mass is 10.4. The van der Waals surface area contributed by atoms with E-state index in [1.807, 2.05) is 13.8 Å². The van der Waals surface area contributed by atoms with Crippen LogP contribution in [0.15, 0.2) is 0 Å². The Morgan fingerprint density at radius 2 is 2.10 bits per heavy atom. The molecule has 0 bridgehead atoms. The van der Waals surface area contributed by atoms with Gasteiger partial charge >= 0.3 is 0 Å². The highest BCUT2D eigenvalue weighted by Gasteiger charge is 2.47. The monoisotopic (exact) mass is 164 g/mol. The minimum atomic E-state index is -2.69. The van der Waals surface area contributed by atoms with E-state index >= 15 is 0 Å². The Hall–Kier alpha value is 0.0700. The molecule has 2 N–H and O–H groups in total. The molecule has 0 amide bonds. The summed E-state index contributed by atoms with van der Waals surface area (Å²) in [4.78, 5) is 0. The molecule has 0 spiro atoms. The van der Waals surface area contributed by atoms with Crippen LogP contribution in [0.5, 0.6) is 0 Å². The molecule has 4 heteroatoms. The third kappa shape index (κ3) is 2.04. The SMILES string of the molecule is CC(C)N[S+](=O)(O)C1CC1. The lowest BCUT2D eigenvalue weighted by Gasteiger charge is -2.06. The van der Waals surface area contributed by atoms with Gasteiger partial charge in [-0.05, 0) is 18.1 Å². The van der Waals surface area contributed by atoms with Gasteiger partial charge in [-0.25, -0.2) is 0 Å². The molecule has 60 valence electrons. The van der Waals surface area contributed by atoms with Gasteiger partial charge in [-0.1, -0.05) is 0 Å². The fourth-order valence-corrected chi connectivity index (χ4v) is 2.46. The molecule has 1 aliphatic rings. The second-order valence-corrected chi connectivity index (χ2v) is 5.08. The van der Waals surface area contributed by atoms with Crippen molar-refractivity contribution in [3.05, 3.63) is 0 Å². The summed E-state index contributed by atoms with van der Waals surface area (Å²) in [5, 5.41) is 0.0231. The highest BCUT2D eigenvalue weighted by atomic mass is 32.3. The van der Waals surface area contributed by atoms with Crippen LogP contribution >= 0.6 is 0 Å². The van der Waals surface area contributed by atoms with Crippen LogP contribution in [0.25, 0.3) is 0 Å². The summed E-state index contributed by atoms with van der Waals surface area (Å²) in [5.41, 5.74) is 0. The predicted octanol–water partition coefficient (Wildman–Crippen LogP) is 1.03. The molecule has 1 fully saturated rings. The zero-order valence-electron chi connectivity index (χ0n) is 6.33. The van der Waals surface area contributed by atoms with E-state index in [2.05, 4.69) is 4.72 Å². The van der Waals surface area contributed by atoms with E-state index in [9.17, 15) is 8.76 Å². The Morgan fingerprint density at radius 3 is 2.40 bits per heavy atom. The maximum atomic E-state index is 11.2. The Morgan fingerprint density at radius 1 is 1.60 bits per heavy atom. The second kappa shape index (κ2) is 2.60. The first kappa shape index (κ1) is 8.17. The normalized spacial score (nSPS) is 24.8. The molecular weight excluding hydrogens is 150 g/mol. The topological polar surface area (TPSA) is 49.3 Å². The average molecular weight is 164 g/mol. The summed E-state index contributed by atoms with van der Waals surface area (Å²) >= 11 is 0. The Labute approximate surface area is 62.6 Å². The molecule has 0 aromatic rings. The summed E-state index contributed by atoms with van der Waals surface area (Å²) in [6.45, 7) is 3.75. The molecule has 0 radical (unpaired) electrons. The summed E-state index contributed by atoms with van der Waals surface area (Å²) < 4.78 is 23.1. The van der Waals surface area contributed by atoms with Gasteiger partial charge in [-0.2, -0.15) is 4.55 Å². The van der Waals surface area contributed by atoms with Crippen LogP contribution < -0.4 is 4.72 Å². The summed E-state index contributed by atoms with van der Waals surface area (Å²) in [6.07, 6.45) is 1.80. The van der Waals surface area contributed by atoms with Gasteiger partial charge in [0.05, 0.1) is 0 Å². The lowest BCUT2D eigenvalue weighted by Crippen LogP contribution is -2.38. The van der Waals surface area contributed by atoms with E-state index in [1.165, 1.54) is 0 Å². The molecule has 0 heterocycles. The number of hydrogen-bond acceptors (Lipinski definition) is 1. The van der Waals surface area contributed by atoms with E-state index < -0.39 is 10.4 Å². The third-order valence-corrected chi connectivity index (χ3v) is 3.56. The van der Waals surface area contributed by atoms with Gasteiger partial charge in [-0.15, -0.1) is 4.72 Å². The van der Waals surface area contributed by atoms with E-state index in [0.717, 1.165) is 12.8 Å². The van der Waals surface area contributed by atoms with Crippen molar-refractivity contribution in [3.8, 4) is 0 Å². The molecule has 1 atom stereocenters. The van der Waals surface area contributed by atoms with E-state index in [-0.39, 0.29) is 11.3 Å². The van der Waals surface area contributed by atoms with E-state index in [0.29, 0.717) is 0 Å². The Bertz CT molecular complexity index is 165. The predicted molar refractivity (Wildman–Crippen MR) is 42.0 cm³/mol. The molecule has 3 nitrogen and oxygen atoms in total. The Balaban J connectivity index is 2.42. The first-order chi connectivity index (χ1) is 4.52. The molecule has 1 saturated carbocycles. The average Bonchev–Trinajstić information content (AvgIpc) is 2.35. The van der Waals surface area contributed by atoms with Gasteiger partial charge in [0.1, 0.15) is 0 Å². The number of hydrogen-bond donors (Lipinski definition) is 2. The largest absolute Gasteiger partial charge is 0.291 e. The van der Waals surface area contributed by atoms with Crippen molar-refractivity contribution in [1.82, 2.24) is 4.72 Å². The lowest BCUT2D eigenvalue weighted by molar-refractivity contribution is 0.474. The summed E-state index contributed by atoms with van der Waals surface area (Å²) in [5.74, 6) is 0. The van der Waals surface area contributed by atoms with Crippen molar-refractivity contribution in [1.29, 1.82) is 0 Å². The van der Waals surface area contributed by atoms with Gasteiger partial charge in [-0.3, -0.25) is 0 Å². The van der Waals surface area contributed by atoms with Gasteiger partial charge in [0.15, 0.2) is 5.25 Å². The summed E-state index contributed by atoms with van der Waals surface area (Å²) in [6, 6.07) is 0.0955. The standard InChI is InChI=1S/C6H13NO2S/c1-5(2)7-10(8,9)6-3-4-6/h5-6H,3-4H2,1-2H3,(H-,7,8,9)/p+1. The van der Waals surface area contributed by atoms with Gasteiger partial charge in [0.25, 0.3) is 10.4 Å². The van der Waals surface area contributed by atoms with Crippen LogP contribution in [0.4, 0.5) is 0 Å². The minimum Gasteiger partial charge on any atom is -0.168 e. The first-order valence-corrected chi connectivity index (χ1v) is 5.13. The van der Waals surface area contributed by atoms with Gasteiger partial charge in [0, 0.05) is 18.9 Å². The maximum absolute atomic E-state index is 11.2. The zero-order chi connectivity index (χ0) is 7.78. The van der Waals surface area contributed by atoms with Crippen LogP contribution in [0, 0.1) is 0 Å². The highest BCUT2D eigenvalue weighted by Crippen LogP contribution is 2.30. The molecule has 0 aliphatic heterocycles. The number of rotatable bonds is 3. The molecule has 1 unspecified atom stereocenters. The van der Waals surface area contributed by atoms with Crippen molar-refractivity contribution in [3.63, 3.8) is 0 Å². The first-order valence-electron chi connectivity index (χ1n) is 3.55. The van der Waals surface area contributed by atoms with Crippen molar-refractivity contribution in [2.24, 2.45) is 0 Å². The van der Waals surface area contributed by atoms with Crippen molar-refractivity contribution < 1.29 is 8.76 Å². The van der Waals surface area contributed by atoms with Crippen LogP contribution in [0.3, 0.4) is 0 Å². The van der Waals surface area contributed by atoms with E-state index in [4.69, 9.17) is 0 Å². The van der Waals surface area contributed by atoms with E-state index in [1.54, 1.807) is 0 Å². The van der Waals surface area contributed by atoms with Crippen molar-refractivity contribution in [2.45, 2.75) is 38.0 Å². The molecular formula is C6H14NO2S+. The molecule has 0 aromatic carbocycles. The third-order valence-electron chi connectivity index (χ3n) is 1.38. The smallest absolute Gasteiger partial charge is 0.168 e. The van der Waals surface area contributed by atoms with Crippen LogP contribution in [-0.2, 0) is 14.6 Å². The zero-order valence-corrected chi connectivity index (χ0v) is 7.15. The van der Waals surface area contributed by atoms with Gasteiger partial charge < -0.3 is 0 Å². The fourth-order valence-electron chi connectivity index (χ4n) is 0.821. The summed E-state index contributed by atoms with van der Waals surface area (Å²) in [7, 11) is -2.69. The van der Waals surface area contributed by atoms with Gasteiger partial charge in [0.2, 0.25) is 0 Å².